The lowest BCUT2D eigenvalue weighted by atomic mass is 10.0. The molecule has 0 fully saturated rings. The molecule has 0 spiro atoms. The summed E-state index contributed by atoms with van der Waals surface area (Å²) in [6, 6.07) is 15.6. The van der Waals surface area contributed by atoms with Gasteiger partial charge in [0.15, 0.2) is 11.6 Å². The van der Waals surface area contributed by atoms with Gasteiger partial charge in [-0.15, -0.1) is 0 Å². The maximum Gasteiger partial charge on any atom is 0.317 e. The smallest absolute Gasteiger partial charge is 0.317 e. The number of amides is 3. The van der Waals surface area contributed by atoms with Gasteiger partial charge in [-0.05, 0) is 53.9 Å². The summed E-state index contributed by atoms with van der Waals surface area (Å²) in [7, 11) is 3.24. The first-order valence-electron chi connectivity index (χ1n) is 10.3. The lowest BCUT2D eigenvalue weighted by molar-refractivity contribution is 0.0950. The molecule has 0 aliphatic carbocycles. The molecule has 172 valence electrons. The Labute approximate surface area is 191 Å². The molecular weight excluding hydrogens is 428 g/mol. The zero-order valence-corrected chi connectivity index (χ0v) is 18.6. The number of nitrogens with zero attached hydrogens (tertiary/aromatic N) is 1. The molecule has 0 heterocycles. The van der Waals surface area contributed by atoms with E-state index in [0.29, 0.717) is 24.4 Å². The third-order valence-electron chi connectivity index (χ3n) is 5.03. The predicted molar refractivity (Wildman–Crippen MR) is 121 cm³/mol. The van der Waals surface area contributed by atoms with Gasteiger partial charge in [-0.25, -0.2) is 13.6 Å². The molecule has 0 aromatic heterocycles. The molecule has 2 N–H and O–H groups in total. The third-order valence-corrected chi connectivity index (χ3v) is 5.03. The molecule has 0 unspecified atom stereocenters. The maximum absolute atomic E-state index is 13.3. The molecule has 3 rings (SSSR count). The van der Waals surface area contributed by atoms with Crippen molar-refractivity contribution < 1.29 is 23.1 Å². The third kappa shape index (κ3) is 6.29. The number of hydrogen-bond donors (Lipinski definition) is 2. The minimum atomic E-state index is -0.980. The molecule has 0 saturated heterocycles. The highest BCUT2D eigenvalue weighted by atomic mass is 19.2. The van der Waals surface area contributed by atoms with Crippen LogP contribution in [0.2, 0.25) is 0 Å². The van der Waals surface area contributed by atoms with Crippen LogP contribution in [0.1, 0.15) is 27.0 Å². The van der Waals surface area contributed by atoms with Crippen molar-refractivity contribution in [1.29, 1.82) is 0 Å². The number of ether oxygens (including phenoxy) is 1. The van der Waals surface area contributed by atoms with Crippen molar-refractivity contribution in [3.8, 4) is 11.5 Å². The van der Waals surface area contributed by atoms with Gasteiger partial charge >= 0.3 is 6.03 Å². The van der Waals surface area contributed by atoms with Gasteiger partial charge in [0.05, 0.1) is 0 Å². The minimum absolute atomic E-state index is 0.187. The quantitative estimate of drug-likeness (QED) is 0.542. The van der Waals surface area contributed by atoms with Crippen LogP contribution in [0.25, 0.3) is 0 Å². The van der Waals surface area contributed by atoms with Gasteiger partial charge in [-0.2, -0.15) is 0 Å². The summed E-state index contributed by atoms with van der Waals surface area (Å²) < 4.78 is 31.9. The normalized spacial score (nSPS) is 10.5. The Morgan fingerprint density at radius 3 is 2.24 bits per heavy atom. The Morgan fingerprint density at radius 2 is 1.58 bits per heavy atom. The van der Waals surface area contributed by atoms with Crippen LogP contribution in [-0.4, -0.2) is 30.9 Å². The molecule has 0 saturated carbocycles. The van der Waals surface area contributed by atoms with E-state index >= 15 is 0 Å². The SMILES string of the molecule is CNC(=O)N(C)Cc1ccc(C)c(C(=O)NCc2ccc(Oc3ccc(F)c(F)c3)cc2)c1. The van der Waals surface area contributed by atoms with Gasteiger partial charge in [0.1, 0.15) is 11.5 Å². The molecule has 3 aromatic rings. The summed E-state index contributed by atoms with van der Waals surface area (Å²) in [5.41, 5.74) is 3.05. The molecule has 6 nitrogen and oxygen atoms in total. The summed E-state index contributed by atoms with van der Waals surface area (Å²) in [5.74, 6) is -1.49. The van der Waals surface area contributed by atoms with Gasteiger partial charge in [0.25, 0.3) is 5.91 Å². The van der Waals surface area contributed by atoms with Crippen molar-refractivity contribution in [2.45, 2.75) is 20.0 Å². The van der Waals surface area contributed by atoms with Crippen LogP contribution in [0.3, 0.4) is 0 Å². The zero-order valence-electron chi connectivity index (χ0n) is 18.6. The molecule has 8 heteroatoms. The molecule has 0 atom stereocenters. The molecule has 3 amide bonds. The molecule has 3 aromatic carbocycles. The van der Waals surface area contributed by atoms with E-state index in [1.54, 1.807) is 44.4 Å². The monoisotopic (exact) mass is 453 g/mol. The number of carbonyl (C=O) groups excluding carboxylic acids is 2. The molecule has 0 bridgehead atoms. The van der Waals surface area contributed by atoms with Crippen molar-refractivity contribution in [3.05, 3.63) is 94.6 Å². The van der Waals surface area contributed by atoms with E-state index < -0.39 is 11.6 Å². The van der Waals surface area contributed by atoms with Crippen molar-refractivity contribution >= 4 is 11.9 Å². The van der Waals surface area contributed by atoms with E-state index in [9.17, 15) is 18.4 Å². The van der Waals surface area contributed by atoms with E-state index in [2.05, 4.69) is 10.6 Å². The number of hydrogen-bond acceptors (Lipinski definition) is 3. The first kappa shape index (κ1) is 23.7. The summed E-state index contributed by atoms with van der Waals surface area (Å²) in [5, 5.41) is 5.45. The highest BCUT2D eigenvalue weighted by molar-refractivity contribution is 5.95. The van der Waals surface area contributed by atoms with Crippen LogP contribution in [-0.2, 0) is 13.1 Å². The summed E-state index contributed by atoms with van der Waals surface area (Å²) in [6.45, 7) is 2.53. The van der Waals surface area contributed by atoms with Crippen molar-refractivity contribution in [2.75, 3.05) is 14.1 Å². The Balaban J connectivity index is 1.60. The Kier molecular flexibility index (Phi) is 7.61. The second-order valence-electron chi connectivity index (χ2n) is 7.57. The Bertz CT molecular complexity index is 1150. The predicted octanol–water partition coefficient (Wildman–Crippen LogP) is 4.77. The fourth-order valence-electron chi connectivity index (χ4n) is 3.18. The molecule has 0 aliphatic heterocycles. The Hall–Kier alpha value is -3.94. The molecule has 33 heavy (non-hydrogen) atoms. The van der Waals surface area contributed by atoms with E-state index in [1.807, 2.05) is 19.1 Å². The number of benzene rings is 3. The first-order chi connectivity index (χ1) is 15.8. The van der Waals surface area contributed by atoms with E-state index in [-0.39, 0.29) is 17.7 Å². The number of carbonyl (C=O) groups is 2. The van der Waals surface area contributed by atoms with Gasteiger partial charge in [-0.1, -0.05) is 24.3 Å². The highest BCUT2D eigenvalue weighted by Crippen LogP contribution is 2.23. The Morgan fingerprint density at radius 1 is 0.909 bits per heavy atom. The second kappa shape index (κ2) is 10.6. The number of aryl methyl sites for hydroxylation is 1. The number of rotatable bonds is 7. The van der Waals surface area contributed by atoms with E-state index in [0.717, 1.165) is 28.8 Å². The minimum Gasteiger partial charge on any atom is -0.457 e. The zero-order chi connectivity index (χ0) is 24.0. The maximum atomic E-state index is 13.3. The average Bonchev–Trinajstić information content (AvgIpc) is 2.81. The first-order valence-corrected chi connectivity index (χ1v) is 10.3. The van der Waals surface area contributed by atoms with Crippen LogP contribution < -0.4 is 15.4 Å². The van der Waals surface area contributed by atoms with Gasteiger partial charge < -0.3 is 20.3 Å². The topological polar surface area (TPSA) is 70.7 Å². The summed E-state index contributed by atoms with van der Waals surface area (Å²) in [4.78, 5) is 26.0. The van der Waals surface area contributed by atoms with Crippen molar-refractivity contribution in [2.24, 2.45) is 0 Å². The van der Waals surface area contributed by atoms with E-state index in [4.69, 9.17) is 4.74 Å². The van der Waals surface area contributed by atoms with Crippen LogP contribution in [0, 0.1) is 18.6 Å². The van der Waals surface area contributed by atoms with Crippen LogP contribution in [0.5, 0.6) is 11.5 Å². The van der Waals surface area contributed by atoms with E-state index in [1.165, 1.54) is 11.0 Å². The number of nitrogens with one attached hydrogen (secondary N) is 2. The lowest BCUT2D eigenvalue weighted by Gasteiger charge is -2.17. The van der Waals surface area contributed by atoms with Crippen molar-refractivity contribution in [3.63, 3.8) is 0 Å². The van der Waals surface area contributed by atoms with Gasteiger partial charge in [-0.3, -0.25) is 4.79 Å². The van der Waals surface area contributed by atoms with Crippen LogP contribution in [0.15, 0.2) is 60.7 Å². The van der Waals surface area contributed by atoms with Crippen LogP contribution in [0.4, 0.5) is 13.6 Å². The highest BCUT2D eigenvalue weighted by Gasteiger charge is 2.13. The standard InChI is InChI=1S/C25H25F2N3O3/c1-16-4-5-18(15-30(3)25(32)28-2)12-21(16)24(31)29-14-17-6-8-19(9-7-17)33-20-10-11-22(26)23(27)13-20/h4-13H,14-15H2,1-3H3,(H,28,32)(H,29,31). The van der Waals surface area contributed by atoms with Crippen molar-refractivity contribution in [1.82, 2.24) is 15.5 Å². The lowest BCUT2D eigenvalue weighted by Crippen LogP contribution is -2.34. The molecular formula is C25H25F2N3O3. The second-order valence-corrected chi connectivity index (χ2v) is 7.57. The fraction of sp³-hybridized carbons (Fsp3) is 0.200. The average molecular weight is 453 g/mol. The molecule has 0 radical (unpaired) electrons. The molecule has 0 aliphatic rings. The largest absolute Gasteiger partial charge is 0.457 e. The summed E-state index contributed by atoms with van der Waals surface area (Å²) in [6.07, 6.45) is 0. The van der Waals surface area contributed by atoms with Gasteiger partial charge in [0.2, 0.25) is 0 Å². The number of urea groups is 1. The van der Waals surface area contributed by atoms with Gasteiger partial charge in [0, 0.05) is 38.8 Å². The number of halogens is 2. The van der Waals surface area contributed by atoms with Crippen LogP contribution >= 0.6 is 0 Å². The summed E-state index contributed by atoms with van der Waals surface area (Å²) >= 11 is 0. The fourth-order valence-corrected chi connectivity index (χ4v) is 3.18.